The summed E-state index contributed by atoms with van der Waals surface area (Å²) < 4.78 is 0. The van der Waals surface area contributed by atoms with Crippen LogP contribution in [0.5, 0.6) is 0 Å². The Bertz CT molecular complexity index is 291. The number of hydrazine groups is 1. The Labute approximate surface area is 117 Å². The van der Waals surface area contributed by atoms with Crippen LogP contribution in [-0.2, 0) is 0 Å². The third-order valence-corrected chi connectivity index (χ3v) is 4.22. The van der Waals surface area contributed by atoms with Crippen LogP contribution >= 0.6 is 0 Å². The molecular weight excluding hydrogens is 236 g/mol. The monoisotopic (exact) mass is 266 g/mol. The van der Waals surface area contributed by atoms with Gasteiger partial charge in [-0.25, -0.2) is 10.8 Å². The van der Waals surface area contributed by atoms with E-state index in [-0.39, 0.29) is 0 Å². The Balaban J connectivity index is 1.96. The maximum absolute atomic E-state index is 5.74. The van der Waals surface area contributed by atoms with E-state index in [1.54, 1.807) is 0 Å². The zero-order valence-corrected chi connectivity index (χ0v) is 12.6. The first-order valence-electron chi connectivity index (χ1n) is 8.01. The van der Waals surface area contributed by atoms with Crippen LogP contribution in [0.3, 0.4) is 0 Å². The van der Waals surface area contributed by atoms with Crippen LogP contribution in [0.15, 0.2) is 4.99 Å². The highest BCUT2D eigenvalue weighted by molar-refractivity contribution is 5.80. The van der Waals surface area contributed by atoms with Crippen LogP contribution in [-0.4, -0.2) is 29.5 Å². The molecule has 0 saturated heterocycles. The van der Waals surface area contributed by atoms with Gasteiger partial charge in [0.25, 0.3) is 0 Å². The van der Waals surface area contributed by atoms with Gasteiger partial charge in [-0.3, -0.25) is 5.43 Å². The van der Waals surface area contributed by atoms with Gasteiger partial charge in [-0.2, -0.15) is 0 Å². The van der Waals surface area contributed by atoms with E-state index in [2.05, 4.69) is 24.2 Å². The lowest BCUT2D eigenvalue weighted by Crippen LogP contribution is -2.47. The van der Waals surface area contributed by atoms with Crippen molar-refractivity contribution < 1.29 is 0 Å². The lowest BCUT2D eigenvalue weighted by molar-refractivity contribution is 0.353. The number of hydrogen-bond acceptors (Lipinski definition) is 2. The Morgan fingerprint density at radius 3 is 2.42 bits per heavy atom. The minimum absolute atomic E-state index is 0.486. The van der Waals surface area contributed by atoms with E-state index in [1.807, 2.05) is 0 Å². The van der Waals surface area contributed by atoms with Gasteiger partial charge in [0.2, 0.25) is 5.96 Å². The molecule has 0 radical (unpaired) electrons. The van der Waals surface area contributed by atoms with Crippen LogP contribution in [0.25, 0.3) is 0 Å². The Kier molecular flexibility index (Phi) is 5.49. The molecular formula is C15H30N4. The zero-order chi connectivity index (χ0) is 13.7. The minimum atomic E-state index is 0.486. The van der Waals surface area contributed by atoms with E-state index >= 15 is 0 Å². The SMILES string of the molecule is CC(C)CCN(C(=NC1CCCCC1)NN)C1CC1. The lowest BCUT2D eigenvalue weighted by Gasteiger charge is -2.28. The molecule has 19 heavy (non-hydrogen) atoms. The molecule has 0 aromatic rings. The van der Waals surface area contributed by atoms with Crippen LogP contribution < -0.4 is 11.3 Å². The van der Waals surface area contributed by atoms with Crippen LogP contribution in [0.4, 0.5) is 0 Å². The van der Waals surface area contributed by atoms with E-state index < -0.39 is 0 Å². The summed E-state index contributed by atoms with van der Waals surface area (Å²) in [6, 6.07) is 1.16. The summed E-state index contributed by atoms with van der Waals surface area (Å²) >= 11 is 0. The average molecular weight is 266 g/mol. The molecule has 0 heterocycles. The summed E-state index contributed by atoms with van der Waals surface area (Å²) in [7, 11) is 0. The fourth-order valence-corrected chi connectivity index (χ4v) is 2.82. The summed E-state index contributed by atoms with van der Waals surface area (Å²) in [4.78, 5) is 7.31. The van der Waals surface area contributed by atoms with Crippen molar-refractivity contribution in [3.8, 4) is 0 Å². The summed E-state index contributed by atoms with van der Waals surface area (Å²) in [5.74, 6) is 7.41. The molecule has 0 unspecified atom stereocenters. The van der Waals surface area contributed by atoms with E-state index in [4.69, 9.17) is 10.8 Å². The Hall–Kier alpha value is -0.770. The smallest absolute Gasteiger partial charge is 0.208 e. The highest BCUT2D eigenvalue weighted by Crippen LogP contribution is 2.28. The van der Waals surface area contributed by atoms with Gasteiger partial charge in [0.15, 0.2) is 0 Å². The van der Waals surface area contributed by atoms with Crippen LogP contribution in [0, 0.1) is 5.92 Å². The second-order valence-corrected chi connectivity index (χ2v) is 6.50. The third-order valence-electron chi connectivity index (χ3n) is 4.22. The number of guanidine groups is 1. The standard InChI is InChI=1S/C15H30N4/c1-12(2)10-11-19(14-8-9-14)15(18-16)17-13-6-4-3-5-7-13/h12-14H,3-11,16H2,1-2H3,(H,17,18). The predicted octanol–water partition coefficient (Wildman–Crippen LogP) is 2.65. The topological polar surface area (TPSA) is 53.6 Å². The van der Waals surface area contributed by atoms with Crippen molar-refractivity contribution in [2.75, 3.05) is 6.54 Å². The first-order valence-corrected chi connectivity index (χ1v) is 8.01. The number of rotatable bonds is 5. The molecule has 2 aliphatic rings. The molecule has 0 aromatic heterocycles. The van der Waals surface area contributed by atoms with E-state index in [0.717, 1.165) is 18.4 Å². The maximum Gasteiger partial charge on any atom is 0.208 e. The van der Waals surface area contributed by atoms with Gasteiger partial charge in [0, 0.05) is 12.6 Å². The minimum Gasteiger partial charge on any atom is -0.339 e. The largest absolute Gasteiger partial charge is 0.339 e. The number of nitrogens with two attached hydrogens (primary N) is 1. The Morgan fingerprint density at radius 2 is 1.89 bits per heavy atom. The van der Waals surface area contributed by atoms with E-state index in [9.17, 15) is 0 Å². The van der Waals surface area contributed by atoms with Crippen LogP contribution in [0.2, 0.25) is 0 Å². The lowest BCUT2D eigenvalue weighted by atomic mass is 9.96. The van der Waals surface area contributed by atoms with Crippen molar-refractivity contribution in [1.29, 1.82) is 0 Å². The molecule has 4 nitrogen and oxygen atoms in total. The van der Waals surface area contributed by atoms with Crippen molar-refractivity contribution >= 4 is 5.96 Å². The number of nitrogens with zero attached hydrogens (tertiary/aromatic N) is 2. The summed E-state index contributed by atoms with van der Waals surface area (Å²) in [6.07, 6.45) is 10.3. The number of nitrogens with one attached hydrogen (secondary N) is 1. The first-order chi connectivity index (χ1) is 9.20. The number of aliphatic imine (C=N–C) groups is 1. The molecule has 2 fully saturated rings. The molecule has 3 N–H and O–H groups in total. The van der Waals surface area contributed by atoms with Gasteiger partial charge in [-0.1, -0.05) is 33.1 Å². The third kappa shape index (κ3) is 4.68. The quantitative estimate of drug-likeness (QED) is 0.348. The normalized spacial score (nSPS) is 21.8. The van der Waals surface area contributed by atoms with Gasteiger partial charge >= 0.3 is 0 Å². The highest BCUT2D eigenvalue weighted by atomic mass is 15.4. The molecule has 0 aromatic carbocycles. The molecule has 110 valence electrons. The van der Waals surface area contributed by atoms with E-state index in [0.29, 0.717) is 12.1 Å². The molecule has 0 aliphatic heterocycles. The molecule has 2 saturated carbocycles. The van der Waals surface area contributed by atoms with Gasteiger partial charge in [0.05, 0.1) is 6.04 Å². The molecule has 2 aliphatic carbocycles. The van der Waals surface area contributed by atoms with Crippen molar-refractivity contribution in [2.24, 2.45) is 16.8 Å². The summed E-state index contributed by atoms with van der Waals surface area (Å²) in [6.45, 7) is 5.63. The second-order valence-electron chi connectivity index (χ2n) is 6.50. The fourth-order valence-electron chi connectivity index (χ4n) is 2.82. The fraction of sp³-hybridized carbons (Fsp3) is 0.933. The van der Waals surface area contributed by atoms with Gasteiger partial charge in [0.1, 0.15) is 0 Å². The zero-order valence-electron chi connectivity index (χ0n) is 12.6. The maximum atomic E-state index is 5.74. The molecule has 0 bridgehead atoms. The molecule has 4 heteroatoms. The van der Waals surface area contributed by atoms with Crippen molar-refractivity contribution in [3.05, 3.63) is 0 Å². The van der Waals surface area contributed by atoms with E-state index in [1.165, 1.54) is 51.4 Å². The highest BCUT2D eigenvalue weighted by Gasteiger charge is 2.31. The van der Waals surface area contributed by atoms with Crippen molar-refractivity contribution in [1.82, 2.24) is 10.3 Å². The second kappa shape index (κ2) is 7.13. The number of hydrogen-bond donors (Lipinski definition) is 2. The predicted molar refractivity (Wildman–Crippen MR) is 80.8 cm³/mol. The van der Waals surface area contributed by atoms with Gasteiger partial charge < -0.3 is 4.90 Å². The van der Waals surface area contributed by atoms with Crippen LogP contribution in [0.1, 0.15) is 65.2 Å². The Morgan fingerprint density at radius 1 is 1.21 bits per heavy atom. The molecule has 2 rings (SSSR count). The molecule has 0 spiro atoms. The first kappa shape index (κ1) is 14.6. The average Bonchev–Trinajstić information content (AvgIpc) is 3.23. The summed E-state index contributed by atoms with van der Waals surface area (Å²) in [5, 5.41) is 0. The van der Waals surface area contributed by atoms with Crippen molar-refractivity contribution in [3.63, 3.8) is 0 Å². The van der Waals surface area contributed by atoms with Gasteiger partial charge in [-0.15, -0.1) is 0 Å². The summed E-state index contributed by atoms with van der Waals surface area (Å²) in [5.41, 5.74) is 2.87. The molecule has 0 atom stereocenters. The molecule has 0 amide bonds. The van der Waals surface area contributed by atoms with Gasteiger partial charge in [-0.05, 0) is 38.0 Å². The van der Waals surface area contributed by atoms with Crippen molar-refractivity contribution in [2.45, 2.75) is 77.3 Å².